The minimum atomic E-state index is -0.315. The molecule has 0 bridgehead atoms. The maximum absolute atomic E-state index is 10.2. The number of aliphatic hydroxyl groups is 1. The summed E-state index contributed by atoms with van der Waals surface area (Å²) in [7, 11) is 0. The average molecular weight is 218 g/mol. The molecule has 0 amide bonds. The Morgan fingerprint density at radius 3 is 2.31 bits per heavy atom. The molecule has 0 saturated heterocycles. The van der Waals surface area contributed by atoms with Crippen LogP contribution in [0, 0.1) is 5.92 Å². The molecule has 1 aromatic carbocycles. The van der Waals surface area contributed by atoms with E-state index in [2.05, 4.69) is 45.1 Å². The molecule has 1 rings (SSSR count). The molecule has 0 aromatic heterocycles. The second-order valence-electron chi connectivity index (χ2n) is 4.51. The molecule has 88 valence electrons. The van der Waals surface area contributed by atoms with Gasteiger partial charge in [-0.3, -0.25) is 0 Å². The fraction of sp³-hybridized carbons (Fsp3) is 0.467. The third-order valence-electron chi connectivity index (χ3n) is 2.81. The third kappa shape index (κ3) is 3.49. The molecule has 0 unspecified atom stereocenters. The number of allylic oxidation sites excluding steroid dienone is 1. The van der Waals surface area contributed by atoms with Gasteiger partial charge >= 0.3 is 0 Å². The molecule has 0 fully saturated rings. The lowest BCUT2D eigenvalue weighted by atomic mass is 9.87. The zero-order valence-electron chi connectivity index (χ0n) is 10.4. The fourth-order valence-electron chi connectivity index (χ4n) is 1.79. The Hall–Kier alpha value is -1.08. The highest BCUT2D eigenvalue weighted by atomic mass is 16.3. The van der Waals surface area contributed by atoms with Crippen LogP contribution < -0.4 is 0 Å². The molecule has 0 spiro atoms. The monoisotopic (exact) mass is 218 g/mol. The van der Waals surface area contributed by atoms with Crippen molar-refractivity contribution in [1.82, 2.24) is 0 Å². The van der Waals surface area contributed by atoms with Crippen molar-refractivity contribution in [2.75, 3.05) is 0 Å². The van der Waals surface area contributed by atoms with Crippen LogP contribution in [0.15, 0.2) is 42.5 Å². The minimum Gasteiger partial charge on any atom is -0.392 e. The van der Waals surface area contributed by atoms with Crippen molar-refractivity contribution in [3.63, 3.8) is 0 Å². The van der Waals surface area contributed by atoms with Crippen molar-refractivity contribution in [2.45, 2.75) is 39.2 Å². The summed E-state index contributed by atoms with van der Waals surface area (Å²) in [5.41, 5.74) is 1.19. The van der Waals surface area contributed by atoms with E-state index in [1.165, 1.54) is 5.56 Å². The molecule has 0 saturated carbocycles. The summed E-state index contributed by atoms with van der Waals surface area (Å²) in [5, 5.41) is 10.2. The van der Waals surface area contributed by atoms with E-state index in [0.717, 1.165) is 6.42 Å². The molecular formula is C15H22O. The maximum atomic E-state index is 10.2. The van der Waals surface area contributed by atoms with E-state index in [4.69, 9.17) is 0 Å². The van der Waals surface area contributed by atoms with Crippen LogP contribution in [0.3, 0.4) is 0 Å². The molecule has 1 aromatic rings. The van der Waals surface area contributed by atoms with Gasteiger partial charge < -0.3 is 5.11 Å². The Kier molecular flexibility index (Phi) is 5.27. The summed E-state index contributed by atoms with van der Waals surface area (Å²) >= 11 is 0. The highest BCUT2D eigenvalue weighted by Crippen LogP contribution is 2.25. The molecule has 0 aliphatic carbocycles. The first-order valence-electron chi connectivity index (χ1n) is 6.06. The van der Waals surface area contributed by atoms with Gasteiger partial charge in [0, 0.05) is 5.92 Å². The summed E-state index contributed by atoms with van der Waals surface area (Å²) in [6.07, 6.45) is 4.95. The average Bonchev–Trinajstić information content (AvgIpc) is 2.30. The fourth-order valence-corrected chi connectivity index (χ4v) is 1.79. The van der Waals surface area contributed by atoms with Gasteiger partial charge in [-0.1, -0.05) is 63.3 Å². The van der Waals surface area contributed by atoms with E-state index in [-0.39, 0.29) is 17.9 Å². The third-order valence-corrected chi connectivity index (χ3v) is 2.81. The Balaban J connectivity index is 2.92. The van der Waals surface area contributed by atoms with Gasteiger partial charge in [-0.2, -0.15) is 0 Å². The Morgan fingerprint density at radius 1 is 1.19 bits per heavy atom. The molecule has 0 radical (unpaired) electrons. The van der Waals surface area contributed by atoms with Gasteiger partial charge in [0.1, 0.15) is 0 Å². The largest absolute Gasteiger partial charge is 0.392 e. The van der Waals surface area contributed by atoms with Gasteiger partial charge in [0.2, 0.25) is 0 Å². The SMILES string of the molecule is CC/C=C\[C@@H](c1ccccc1)[C@@H](O)C(C)C. The van der Waals surface area contributed by atoms with E-state index < -0.39 is 0 Å². The summed E-state index contributed by atoms with van der Waals surface area (Å²) in [5.74, 6) is 0.382. The van der Waals surface area contributed by atoms with Crippen LogP contribution in [-0.4, -0.2) is 11.2 Å². The first-order chi connectivity index (χ1) is 7.66. The standard InChI is InChI=1S/C15H22O/c1-4-5-11-14(15(16)12(2)3)13-9-7-6-8-10-13/h5-12,14-16H,4H2,1-3H3/b11-5-/t14-,15-/m0/s1. The van der Waals surface area contributed by atoms with Gasteiger partial charge in [0.25, 0.3) is 0 Å². The summed E-state index contributed by atoms with van der Waals surface area (Å²) in [6, 6.07) is 10.2. The topological polar surface area (TPSA) is 20.2 Å². The molecule has 0 aliphatic rings. The van der Waals surface area contributed by atoms with E-state index in [1.54, 1.807) is 0 Å². The van der Waals surface area contributed by atoms with Crippen molar-refractivity contribution in [2.24, 2.45) is 5.92 Å². The van der Waals surface area contributed by atoms with Crippen molar-refractivity contribution in [3.8, 4) is 0 Å². The second kappa shape index (κ2) is 6.49. The number of hydrogen-bond donors (Lipinski definition) is 1. The van der Waals surface area contributed by atoms with Crippen LogP contribution in [0.4, 0.5) is 0 Å². The lowest BCUT2D eigenvalue weighted by Gasteiger charge is -2.23. The lowest BCUT2D eigenvalue weighted by molar-refractivity contribution is 0.111. The molecular weight excluding hydrogens is 196 g/mol. The maximum Gasteiger partial charge on any atom is 0.0666 e. The van der Waals surface area contributed by atoms with Crippen molar-refractivity contribution < 1.29 is 5.11 Å². The smallest absolute Gasteiger partial charge is 0.0666 e. The number of rotatable bonds is 5. The quantitative estimate of drug-likeness (QED) is 0.746. The molecule has 1 N–H and O–H groups in total. The van der Waals surface area contributed by atoms with Crippen molar-refractivity contribution in [1.29, 1.82) is 0 Å². The van der Waals surface area contributed by atoms with Crippen molar-refractivity contribution in [3.05, 3.63) is 48.0 Å². The van der Waals surface area contributed by atoms with Gasteiger partial charge in [0.05, 0.1) is 6.10 Å². The van der Waals surface area contributed by atoms with Crippen LogP contribution in [0.1, 0.15) is 38.7 Å². The Bertz CT molecular complexity index is 313. The van der Waals surface area contributed by atoms with Gasteiger partial charge in [-0.05, 0) is 17.9 Å². The first kappa shape index (κ1) is 13.0. The number of aliphatic hydroxyl groups excluding tert-OH is 1. The number of hydrogen-bond acceptors (Lipinski definition) is 1. The van der Waals surface area contributed by atoms with E-state index in [0.29, 0.717) is 0 Å². The van der Waals surface area contributed by atoms with Gasteiger partial charge in [-0.15, -0.1) is 0 Å². The summed E-state index contributed by atoms with van der Waals surface area (Å²) in [4.78, 5) is 0. The zero-order chi connectivity index (χ0) is 12.0. The molecule has 1 nitrogen and oxygen atoms in total. The predicted octanol–water partition coefficient (Wildman–Crippen LogP) is 3.75. The van der Waals surface area contributed by atoms with Gasteiger partial charge in [0.15, 0.2) is 0 Å². The van der Waals surface area contributed by atoms with Crippen molar-refractivity contribution >= 4 is 0 Å². The van der Waals surface area contributed by atoms with Gasteiger partial charge in [-0.25, -0.2) is 0 Å². The summed E-state index contributed by atoms with van der Waals surface area (Å²) < 4.78 is 0. The Morgan fingerprint density at radius 2 is 1.81 bits per heavy atom. The highest BCUT2D eigenvalue weighted by molar-refractivity contribution is 5.25. The van der Waals surface area contributed by atoms with Crippen LogP contribution >= 0.6 is 0 Å². The molecule has 0 aliphatic heterocycles. The van der Waals surface area contributed by atoms with Crippen LogP contribution in [0.2, 0.25) is 0 Å². The molecule has 2 atom stereocenters. The second-order valence-corrected chi connectivity index (χ2v) is 4.51. The van der Waals surface area contributed by atoms with Crippen LogP contribution in [-0.2, 0) is 0 Å². The Labute approximate surface area is 98.8 Å². The normalized spacial score (nSPS) is 15.6. The minimum absolute atomic E-state index is 0.112. The first-order valence-corrected chi connectivity index (χ1v) is 6.06. The summed E-state index contributed by atoms with van der Waals surface area (Å²) in [6.45, 7) is 6.22. The van der Waals surface area contributed by atoms with E-state index in [9.17, 15) is 5.11 Å². The number of benzene rings is 1. The van der Waals surface area contributed by atoms with E-state index >= 15 is 0 Å². The van der Waals surface area contributed by atoms with Crippen LogP contribution in [0.5, 0.6) is 0 Å². The molecule has 0 heterocycles. The van der Waals surface area contributed by atoms with Crippen LogP contribution in [0.25, 0.3) is 0 Å². The highest BCUT2D eigenvalue weighted by Gasteiger charge is 2.20. The molecule has 16 heavy (non-hydrogen) atoms. The zero-order valence-corrected chi connectivity index (χ0v) is 10.4. The van der Waals surface area contributed by atoms with E-state index in [1.807, 2.05) is 18.2 Å². The predicted molar refractivity (Wildman–Crippen MR) is 69.5 cm³/mol. The molecule has 1 heteroatoms. The lowest BCUT2D eigenvalue weighted by Crippen LogP contribution is -2.22.